The predicted octanol–water partition coefficient (Wildman–Crippen LogP) is 4.49. The fourth-order valence-electron chi connectivity index (χ4n) is 4.47. The van der Waals surface area contributed by atoms with Crippen LogP contribution >= 0.6 is 0 Å². The van der Waals surface area contributed by atoms with Crippen LogP contribution in [0.5, 0.6) is 0 Å². The van der Waals surface area contributed by atoms with E-state index in [9.17, 15) is 8.78 Å². The van der Waals surface area contributed by atoms with Crippen molar-refractivity contribution in [2.24, 2.45) is 0 Å². The van der Waals surface area contributed by atoms with E-state index in [2.05, 4.69) is 9.97 Å². The Labute approximate surface area is 174 Å². The van der Waals surface area contributed by atoms with E-state index in [1.54, 1.807) is 18.2 Å². The summed E-state index contributed by atoms with van der Waals surface area (Å²) in [5.41, 5.74) is 4.81. The van der Waals surface area contributed by atoms with E-state index in [1.165, 1.54) is 0 Å². The number of ether oxygens (including phenoxy) is 1. The zero-order valence-corrected chi connectivity index (χ0v) is 16.9. The molecule has 7 heteroatoms. The number of aromatic amines is 1. The highest BCUT2D eigenvalue weighted by Crippen LogP contribution is 2.41. The maximum Gasteiger partial charge on any atom is 0.266 e. The maximum atomic E-state index is 14.0. The van der Waals surface area contributed by atoms with Gasteiger partial charge in [-0.15, -0.1) is 0 Å². The molecule has 1 atom stereocenters. The highest BCUT2D eigenvalue weighted by Gasteiger charge is 2.40. The van der Waals surface area contributed by atoms with Gasteiger partial charge < -0.3 is 14.6 Å². The lowest BCUT2D eigenvalue weighted by atomic mass is 9.98. The molecule has 1 unspecified atom stereocenters. The number of methoxy groups -OCH3 is 1. The van der Waals surface area contributed by atoms with Gasteiger partial charge in [0.05, 0.1) is 23.9 Å². The zero-order chi connectivity index (χ0) is 20.7. The first-order valence-electron chi connectivity index (χ1n) is 10.3. The normalized spacial score (nSPS) is 20.4. The molecule has 5 nitrogen and oxygen atoms in total. The number of halogens is 2. The fourth-order valence-corrected chi connectivity index (χ4v) is 4.47. The molecule has 0 saturated carbocycles. The monoisotopic (exact) mass is 410 g/mol. The van der Waals surface area contributed by atoms with Crippen LogP contribution in [0.1, 0.15) is 24.2 Å². The minimum Gasteiger partial charge on any atom is -0.381 e. The number of benzene rings is 1. The summed E-state index contributed by atoms with van der Waals surface area (Å²) in [6, 6.07) is 11.9. The van der Waals surface area contributed by atoms with Crippen LogP contribution in [0.15, 0.2) is 42.6 Å². The molecule has 1 fully saturated rings. The Hall–Kier alpha value is -2.80. The molecule has 30 heavy (non-hydrogen) atoms. The van der Waals surface area contributed by atoms with Gasteiger partial charge in [-0.3, -0.25) is 0 Å². The second kappa shape index (κ2) is 7.47. The van der Waals surface area contributed by atoms with Crippen LogP contribution in [-0.4, -0.2) is 47.2 Å². The predicted molar refractivity (Wildman–Crippen MR) is 112 cm³/mol. The van der Waals surface area contributed by atoms with Gasteiger partial charge in [0, 0.05) is 38.4 Å². The van der Waals surface area contributed by atoms with Crippen LogP contribution < -0.4 is 4.90 Å². The summed E-state index contributed by atoms with van der Waals surface area (Å²) < 4.78 is 33.5. The van der Waals surface area contributed by atoms with E-state index in [1.807, 2.05) is 36.4 Å². The highest BCUT2D eigenvalue weighted by atomic mass is 19.3. The number of fused-ring (bicyclic) bond motifs is 1. The van der Waals surface area contributed by atoms with Gasteiger partial charge in [-0.1, -0.05) is 30.3 Å². The Morgan fingerprint density at radius 1 is 1.20 bits per heavy atom. The number of hydrogen-bond acceptors (Lipinski definition) is 4. The van der Waals surface area contributed by atoms with Crippen molar-refractivity contribution in [3.05, 3.63) is 54.0 Å². The smallest absolute Gasteiger partial charge is 0.266 e. The SMILES string of the molecule is COC1CCc2nc(-c3c(-c4ccccc4)ccnc3N3CCC(F)(F)C3)[nH]c2C1. The van der Waals surface area contributed by atoms with Gasteiger partial charge in [0.15, 0.2) is 0 Å². The van der Waals surface area contributed by atoms with E-state index in [0.29, 0.717) is 11.6 Å². The number of aryl methyl sites for hydroxylation is 1. The topological polar surface area (TPSA) is 54.0 Å². The van der Waals surface area contributed by atoms with Crippen molar-refractivity contribution in [1.29, 1.82) is 0 Å². The number of H-pyrrole nitrogens is 1. The molecule has 1 aliphatic carbocycles. The van der Waals surface area contributed by atoms with Crippen molar-refractivity contribution in [2.45, 2.75) is 37.7 Å². The van der Waals surface area contributed by atoms with E-state index in [-0.39, 0.29) is 25.6 Å². The average Bonchev–Trinajstić information content (AvgIpc) is 3.35. The average molecular weight is 410 g/mol. The first-order chi connectivity index (χ1) is 14.5. The van der Waals surface area contributed by atoms with Crippen molar-refractivity contribution in [3.63, 3.8) is 0 Å². The van der Waals surface area contributed by atoms with Crippen LogP contribution in [-0.2, 0) is 17.6 Å². The second-order valence-electron chi connectivity index (χ2n) is 8.06. The van der Waals surface area contributed by atoms with Crippen LogP contribution in [0.4, 0.5) is 14.6 Å². The van der Waals surface area contributed by atoms with E-state index in [4.69, 9.17) is 9.72 Å². The number of pyridine rings is 1. The van der Waals surface area contributed by atoms with Crippen molar-refractivity contribution < 1.29 is 13.5 Å². The number of hydrogen-bond donors (Lipinski definition) is 1. The number of rotatable bonds is 4. The third-order valence-electron chi connectivity index (χ3n) is 6.05. The van der Waals surface area contributed by atoms with Gasteiger partial charge in [0.1, 0.15) is 11.6 Å². The van der Waals surface area contributed by atoms with Crippen molar-refractivity contribution >= 4 is 5.82 Å². The third kappa shape index (κ3) is 3.47. The summed E-state index contributed by atoms with van der Waals surface area (Å²) in [4.78, 5) is 14.6. The number of anilines is 1. The Morgan fingerprint density at radius 2 is 2.03 bits per heavy atom. The molecule has 1 aromatic carbocycles. The largest absolute Gasteiger partial charge is 0.381 e. The van der Waals surface area contributed by atoms with Gasteiger partial charge >= 0.3 is 0 Å². The molecule has 2 aliphatic rings. The maximum absolute atomic E-state index is 14.0. The minimum absolute atomic E-state index is 0.159. The molecule has 5 rings (SSSR count). The fraction of sp³-hybridized carbons (Fsp3) is 0.391. The lowest BCUT2D eigenvalue weighted by molar-refractivity contribution is 0.0257. The lowest BCUT2D eigenvalue weighted by Crippen LogP contribution is -2.26. The Bertz CT molecular complexity index is 1050. The summed E-state index contributed by atoms with van der Waals surface area (Å²) in [7, 11) is 1.73. The summed E-state index contributed by atoms with van der Waals surface area (Å²) in [6.07, 6.45) is 4.25. The standard InChI is InChI=1S/C23H24F2N4O/c1-30-16-7-8-18-19(13-16)28-21(27-18)20-17(15-5-3-2-4-6-15)9-11-26-22(20)29-12-10-23(24,25)14-29/h2-6,9,11,16H,7-8,10,12-14H2,1H3,(H,27,28). The second-order valence-corrected chi connectivity index (χ2v) is 8.06. The highest BCUT2D eigenvalue weighted by molar-refractivity contribution is 5.88. The molecule has 1 aliphatic heterocycles. The van der Waals surface area contributed by atoms with Crippen LogP contribution in [0.2, 0.25) is 0 Å². The first-order valence-corrected chi connectivity index (χ1v) is 10.3. The zero-order valence-electron chi connectivity index (χ0n) is 16.9. The lowest BCUT2D eigenvalue weighted by Gasteiger charge is -2.21. The minimum atomic E-state index is -2.70. The molecule has 2 aromatic heterocycles. The first kappa shape index (κ1) is 19.2. The van der Waals surface area contributed by atoms with Gasteiger partial charge in [-0.2, -0.15) is 0 Å². The van der Waals surface area contributed by atoms with Crippen molar-refractivity contribution in [3.8, 4) is 22.5 Å². The number of imidazole rings is 1. The van der Waals surface area contributed by atoms with E-state index in [0.717, 1.165) is 47.3 Å². The molecule has 1 N–H and O–H groups in total. The molecule has 0 spiro atoms. The van der Waals surface area contributed by atoms with Gasteiger partial charge in [0.2, 0.25) is 0 Å². The molecule has 156 valence electrons. The quantitative estimate of drug-likeness (QED) is 0.689. The third-order valence-corrected chi connectivity index (χ3v) is 6.05. The molecule has 0 bridgehead atoms. The summed E-state index contributed by atoms with van der Waals surface area (Å²) >= 11 is 0. The van der Waals surface area contributed by atoms with Crippen LogP contribution in [0.3, 0.4) is 0 Å². The molecular formula is C23H24F2N4O. The number of alkyl halides is 2. The van der Waals surface area contributed by atoms with Crippen LogP contribution in [0, 0.1) is 0 Å². The molecule has 0 radical (unpaired) electrons. The van der Waals surface area contributed by atoms with Crippen LogP contribution in [0.25, 0.3) is 22.5 Å². The van der Waals surface area contributed by atoms with Gasteiger partial charge in [-0.25, -0.2) is 18.7 Å². The molecule has 3 aromatic rings. The van der Waals surface area contributed by atoms with E-state index < -0.39 is 5.92 Å². The van der Waals surface area contributed by atoms with Crippen molar-refractivity contribution in [1.82, 2.24) is 15.0 Å². The van der Waals surface area contributed by atoms with Gasteiger partial charge in [-0.05, 0) is 30.0 Å². The van der Waals surface area contributed by atoms with Crippen molar-refractivity contribution in [2.75, 3.05) is 25.1 Å². The van der Waals surface area contributed by atoms with E-state index >= 15 is 0 Å². The Morgan fingerprint density at radius 3 is 2.77 bits per heavy atom. The molecular weight excluding hydrogens is 386 g/mol. The number of nitrogens with one attached hydrogen (secondary N) is 1. The number of aromatic nitrogens is 3. The van der Waals surface area contributed by atoms with Gasteiger partial charge in [0.25, 0.3) is 5.92 Å². The summed E-state index contributed by atoms with van der Waals surface area (Å²) in [5, 5.41) is 0. The summed E-state index contributed by atoms with van der Waals surface area (Å²) in [5.74, 6) is -1.45. The Balaban J connectivity index is 1.65. The molecule has 3 heterocycles. The molecule has 0 amide bonds. The number of nitrogens with zero attached hydrogens (tertiary/aromatic N) is 3. The summed E-state index contributed by atoms with van der Waals surface area (Å²) in [6.45, 7) is -0.0468. The Kier molecular flexibility index (Phi) is 4.77. The molecule has 1 saturated heterocycles.